The van der Waals surface area contributed by atoms with Crippen molar-refractivity contribution in [2.75, 3.05) is 14.2 Å². The van der Waals surface area contributed by atoms with Crippen molar-refractivity contribution in [2.45, 2.75) is 22.3 Å². The third-order valence-corrected chi connectivity index (χ3v) is 0. The molecule has 0 rings (SSSR count). The van der Waals surface area contributed by atoms with Crippen LogP contribution in [0.5, 0.6) is 0 Å². The molecular formula is C10H37ClO5SY3-6. The maximum atomic E-state index is 8.77. The van der Waals surface area contributed by atoms with Gasteiger partial charge in [-0.1, -0.05) is 22.3 Å². The summed E-state index contributed by atoms with van der Waals surface area (Å²) in [6.45, 7) is 0. The van der Waals surface area contributed by atoms with Crippen LogP contribution in [0.25, 0.3) is 0 Å². The molecule has 0 fully saturated rings. The molecule has 5 nitrogen and oxygen atoms in total. The van der Waals surface area contributed by atoms with Crippen LogP contribution >= 0.6 is 10.7 Å². The summed E-state index contributed by atoms with van der Waals surface area (Å²) in [6.07, 6.45) is 0. The van der Waals surface area contributed by atoms with Crippen LogP contribution in [0, 0.1) is 37.1 Å². The van der Waals surface area contributed by atoms with Gasteiger partial charge in [0.1, 0.15) is 0 Å². The molecule has 0 aromatic carbocycles. The predicted octanol–water partition coefficient (Wildman–Crippen LogP) is 2.99. The van der Waals surface area contributed by atoms with E-state index in [2.05, 4.69) is 10.7 Å². The number of aliphatic hydroxyl groups is 2. The van der Waals surface area contributed by atoms with Crippen LogP contribution in [0.2, 0.25) is 0 Å². The van der Waals surface area contributed by atoms with Gasteiger partial charge in [0.05, 0.1) is 0 Å². The summed E-state index contributed by atoms with van der Waals surface area (Å²) < 4.78 is 17.5. The molecule has 10 heteroatoms. The fourth-order valence-corrected chi connectivity index (χ4v) is 0. The zero-order valence-corrected chi connectivity index (χ0v) is 21.8. The van der Waals surface area contributed by atoms with Gasteiger partial charge in [0.2, 0.25) is 0 Å². The van der Waals surface area contributed by atoms with Gasteiger partial charge in [-0.2, -0.15) is 10.7 Å². The molecule has 0 unspecified atom stereocenters. The Morgan fingerprint density at radius 1 is 0.650 bits per heavy atom. The molecule has 0 atom stereocenters. The Morgan fingerprint density at radius 2 is 0.650 bits per heavy atom. The fraction of sp³-hybridized carbons (Fsp3) is 0.500. The predicted molar refractivity (Wildman–Crippen MR) is 86.8 cm³/mol. The Kier molecular flexibility index (Phi) is 2070. The minimum absolute atomic E-state index is 0. The van der Waals surface area contributed by atoms with Gasteiger partial charge in [0.25, 0.3) is 0 Å². The molecular weight excluding hydrogens is 534 g/mol. The molecule has 0 aromatic heterocycles. The summed E-state index contributed by atoms with van der Waals surface area (Å²) in [4.78, 5) is 0. The smallest absolute Gasteiger partial charge is 0.0319 e. The first kappa shape index (κ1) is 166. The molecule has 0 saturated carbocycles. The molecule has 4 N–H and O–H groups in total. The average Bonchev–Trinajstić information content (AvgIpc) is 1.75. The van der Waals surface area contributed by atoms with Gasteiger partial charge in [-0.25, -0.2) is 0 Å². The molecule has 0 bridgehead atoms. The Balaban J connectivity index is -0.00000000115. The van der Waals surface area contributed by atoms with Crippen molar-refractivity contribution in [3.8, 4) is 0 Å². The van der Waals surface area contributed by atoms with Crippen LogP contribution in [0.15, 0.2) is 0 Å². The van der Waals surface area contributed by atoms with E-state index in [1.165, 1.54) is 0 Å². The van der Waals surface area contributed by atoms with E-state index in [1.807, 2.05) is 0 Å². The Labute approximate surface area is 213 Å². The van der Waals surface area contributed by atoms with Gasteiger partial charge in [-0.05, 0) is 0 Å². The first-order valence-electron chi connectivity index (χ1n) is 1.38. The minimum Gasteiger partial charge on any atom is -0.412 e. The minimum atomic E-state index is -2.39. The van der Waals surface area contributed by atoms with E-state index in [0.717, 1.165) is 14.2 Å². The van der Waals surface area contributed by atoms with E-state index < -0.39 is 9.92 Å². The molecule has 0 amide bonds. The Hall–Kier alpha value is 3.43. The van der Waals surface area contributed by atoms with Gasteiger partial charge >= 0.3 is 0 Å². The van der Waals surface area contributed by atoms with Crippen molar-refractivity contribution in [1.29, 1.82) is 0 Å². The first-order chi connectivity index (χ1) is 3.73. The monoisotopic (exact) mass is 571 g/mol. The van der Waals surface area contributed by atoms with Gasteiger partial charge in [0, 0.05) is 122 Å². The van der Waals surface area contributed by atoms with Gasteiger partial charge in [-0.3, -0.25) is 0 Å². The number of halogens is 1. The van der Waals surface area contributed by atoms with Gasteiger partial charge < -0.3 is 61.2 Å². The second-order valence-electron chi connectivity index (χ2n) is 0.194. The fourth-order valence-electron chi connectivity index (χ4n) is 0. The second-order valence-corrected chi connectivity index (χ2v) is 1.34. The van der Waals surface area contributed by atoms with Crippen LogP contribution in [0.3, 0.4) is 0 Å². The molecule has 0 aliphatic rings. The maximum absolute atomic E-state index is 8.77. The molecule has 0 saturated heterocycles. The Bertz CT molecular complexity index is 85.3. The van der Waals surface area contributed by atoms with Crippen LogP contribution in [0.4, 0.5) is 0 Å². The third kappa shape index (κ3) is 760. The second kappa shape index (κ2) is 249. The van der Waals surface area contributed by atoms with Crippen molar-refractivity contribution in [2.24, 2.45) is 0 Å². The van der Waals surface area contributed by atoms with Crippen molar-refractivity contribution in [3.63, 3.8) is 0 Å². The van der Waals surface area contributed by atoms with E-state index in [4.69, 9.17) is 18.6 Å². The van der Waals surface area contributed by atoms with Gasteiger partial charge in [-0.15, -0.1) is 0 Å². The third-order valence-electron chi connectivity index (χ3n) is 0. The largest absolute Gasteiger partial charge is 0.412 e. The number of aliphatic hydroxyl groups excluding tert-OH is 2. The molecule has 0 spiro atoms. The standard InChI is InChI=1S/2CH4O.3CH4.5CH3.ClO2S.H2O.3Y/c2*1-2;;;;;;;;;1-4(2)3;;;;/h2*2H,1H3;3*1H4;5*1H3;;1H2;;;/q;;;;;6*-1;;;;. The van der Waals surface area contributed by atoms with Gasteiger partial charge in [0.15, 0.2) is 0 Å². The summed E-state index contributed by atoms with van der Waals surface area (Å²) in [6, 6.07) is 0. The van der Waals surface area contributed by atoms with Crippen LogP contribution in [-0.2, 0) is 116 Å². The van der Waals surface area contributed by atoms with Crippen LogP contribution in [-0.4, -0.2) is 29.9 Å². The Morgan fingerprint density at radius 3 is 0.650 bits per heavy atom. The van der Waals surface area contributed by atoms with E-state index in [9.17, 15) is 0 Å². The van der Waals surface area contributed by atoms with Crippen molar-refractivity contribution < 1.29 is 122 Å². The molecule has 3 radical (unpaired) electrons. The van der Waals surface area contributed by atoms with Crippen molar-refractivity contribution in [3.05, 3.63) is 37.1 Å². The molecule has 0 aromatic rings. The molecule has 0 aliphatic carbocycles. The zero-order valence-electron chi connectivity index (χ0n) is 11.7. The quantitative estimate of drug-likeness (QED) is 0.265. The summed E-state index contributed by atoms with van der Waals surface area (Å²) in [7, 11) is 3.80. The van der Waals surface area contributed by atoms with E-state index >= 15 is 0 Å². The number of hydrogen-bond acceptors (Lipinski definition) is 5. The number of hydrogen-bond donors (Lipinski definition) is 2. The number of rotatable bonds is 0. The molecule has 20 heavy (non-hydrogen) atoms. The SMILES string of the molecule is C.C.C.CO.CO.O.O=[S-](=O)Cl.[CH3-].[CH3-].[CH3-].[CH3-].[CH3-].[Y].[Y].[Y]. The van der Waals surface area contributed by atoms with E-state index in [0.29, 0.717) is 0 Å². The van der Waals surface area contributed by atoms with Crippen molar-refractivity contribution >= 4 is 20.6 Å². The van der Waals surface area contributed by atoms with Crippen LogP contribution in [0.1, 0.15) is 22.3 Å². The first-order valence-corrected chi connectivity index (χ1v) is 3.28. The maximum Gasteiger partial charge on any atom is 0.0319 e. The summed E-state index contributed by atoms with van der Waals surface area (Å²) in [5.41, 5.74) is 0. The molecule has 0 aliphatic heterocycles. The molecule has 135 valence electrons. The van der Waals surface area contributed by atoms with Crippen LogP contribution < -0.4 is 0 Å². The van der Waals surface area contributed by atoms with Crippen molar-refractivity contribution in [1.82, 2.24) is 0 Å². The normalized spacial score (nSPS) is 2.30. The van der Waals surface area contributed by atoms with E-state index in [1.54, 1.807) is 0 Å². The zero-order chi connectivity index (χ0) is 7.58. The topological polar surface area (TPSA) is 106 Å². The molecule has 0 heterocycles. The summed E-state index contributed by atoms with van der Waals surface area (Å²) in [5, 5.41) is 14.0. The summed E-state index contributed by atoms with van der Waals surface area (Å²) >= 11 is 0. The van der Waals surface area contributed by atoms with E-state index in [-0.39, 0.29) is 163 Å². The average molecular weight is 572 g/mol. The summed E-state index contributed by atoms with van der Waals surface area (Å²) in [5.74, 6) is 0.